The molecule has 1 amide bonds. The summed E-state index contributed by atoms with van der Waals surface area (Å²) in [5.41, 5.74) is 3.15. The number of aryl methyl sites for hydroxylation is 2. The van der Waals surface area contributed by atoms with E-state index in [1.165, 1.54) is 11.1 Å². The maximum absolute atomic E-state index is 13.0. The van der Waals surface area contributed by atoms with Gasteiger partial charge in [0.05, 0.1) is 6.20 Å². The quantitative estimate of drug-likeness (QED) is 0.820. The number of amides is 1. The fraction of sp³-hybridized carbons (Fsp3) is 0.476. The number of carbonyl (C=O) groups excluding carboxylic acids is 1. The number of benzene rings is 1. The van der Waals surface area contributed by atoms with Gasteiger partial charge in [-0.1, -0.05) is 42.7 Å². The SMILES string of the molecule is Cc1ccc(C2CCCCC2C(=O)NC(Cc2cnn(C)c2)C(=O)O)cc1. The Bertz CT molecular complexity index is 797. The van der Waals surface area contributed by atoms with Gasteiger partial charge in [0, 0.05) is 25.6 Å². The molecule has 3 atom stereocenters. The third-order valence-corrected chi connectivity index (χ3v) is 5.42. The second kappa shape index (κ2) is 8.37. The molecular formula is C21H27N3O3. The topological polar surface area (TPSA) is 84.2 Å². The van der Waals surface area contributed by atoms with Crippen molar-refractivity contribution in [1.29, 1.82) is 0 Å². The van der Waals surface area contributed by atoms with Gasteiger partial charge in [0.15, 0.2) is 0 Å². The molecule has 0 saturated heterocycles. The zero-order valence-corrected chi connectivity index (χ0v) is 15.9. The lowest BCUT2D eigenvalue weighted by Gasteiger charge is -2.32. The zero-order chi connectivity index (χ0) is 19.4. The molecule has 6 heteroatoms. The van der Waals surface area contributed by atoms with Crippen LogP contribution >= 0.6 is 0 Å². The second-order valence-electron chi connectivity index (χ2n) is 7.53. The third-order valence-electron chi connectivity index (χ3n) is 5.42. The lowest BCUT2D eigenvalue weighted by atomic mass is 9.75. The molecule has 6 nitrogen and oxygen atoms in total. The molecule has 2 aromatic rings. The zero-order valence-electron chi connectivity index (χ0n) is 15.9. The Kier molecular flexibility index (Phi) is 5.94. The van der Waals surface area contributed by atoms with Crippen LogP contribution in [0.4, 0.5) is 0 Å². The van der Waals surface area contributed by atoms with Gasteiger partial charge in [0.25, 0.3) is 0 Å². The predicted molar refractivity (Wildman–Crippen MR) is 102 cm³/mol. The van der Waals surface area contributed by atoms with Crippen molar-refractivity contribution in [1.82, 2.24) is 15.1 Å². The van der Waals surface area contributed by atoms with Crippen LogP contribution in [0.25, 0.3) is 0 Å². The van der Waals surface area contributed by atoms with Crippen LogP contribution in [0.15, 0.2) is 36.7 Å². The number of carbonyl (C=O) groups is 2. The summed E-state index contributed by atoms with van der Waals surface area (Å²) in [5, 5.41) is 16.4. The molecule has 1 aromatic carbocycles. The Morgan fingerprint density at radius 1 is 1.26 bits per heavy atom. The largest absolute Gasteiger partial charge is 0.480 e. The Morgan fingerprint density at radius 3 is 2.59 bits per heavy atom. The van der Waals surface area contributed by atoms with E-state index in [-0.39, 0.29) is 24.2 Å². The number of aromatic nitrogens is 2. The highest BCUT2D eigenvalue weighted by Crippen LogP contribution is 2.38. The summed E-state index contributed by atoms with van der Waals surface area (Å²) in [6.45, 7) is 2.05. The molecule has 27 heavy (non-hydrogen) atoms. The molecule has 2 N–H and O–H groups in total. The normalized spacial score (nSPS) is 20.8. The van der Waals surface area contributed by atoms with E-state index < -0.39 is 12.0 Å². The summed E-state index contributed by atoms with van der Waals surface area (Å²) in [4.78, 5) is 24.6. The fourth-order valence-electron chi connectivity index (χ4n) is 3.95. The molecule has 3 unspecified atom stereocenters. The lowest BCUT2D eigenvalue weighted by molar-refractivity contribution is -0.142. The summed E-state index contributed by atoms with van der Waals surface area (Å²) in [5.74, 6) is -1.21. The molecule has 1 saturated carbocycles. The van der Waals surface area contributed by atoms with Crippen LogP contribution in [0.3, 0.4) is 0 Å². The van der Waals surface area contributed by atoms with Crippen molar-refractivity contribution in [3.63, 3.8) is 0 Å². The fourth-order valence-corrected chi connectivity index (χ4v) is 3.95. The standard InChI is InChI=1S/C21H27N3O3/c1-14-7-9-16(10-8-14)17-5-3-4-6-18(17)20(25)23-19(21(26)27)11-15-12-22-24(2)13-15/h7-10,12-13,17-19H,3-6,11H2,1-2H3,(H,23,25)(H,26,27). The first-order chi connectivity index (χ1) is 12.9. The number of carboxylic acids is 1. The summed E-state index contributed by atoms with van der Waals surface area (Å²) < 4.78 is 1.63. The number of rotatable bonds is 6. The molecule has 0 radical (unpaired) electrons. The van der Waals surface area contributed by atoms with Crippen LogP contribution in [0, 0.1) is 12.8 Å². The first-order valence-corrected chi connectivity index (χ1v) is 9.51. The molecule has 1 fully saturated rings. The number of nitrogens with one attached hydrogen (secondary N) is 1. The van der Waals surface area contributed by atoms with Crippen molar-refractivity contribution in [2.75, 3.05) is 0 Å². The van der Waals surface area contributed by atoms with Gasteiger partial charge in [-0.05, 0) is 36.8 Å². The van der Waals surface area contributed by atoms with Crippen LogP contribution in [-0.4, -0.2) is 32.8 Å². The van der Waals surface area contributed by atoms with E-state index >= 15 is 0 Å². The maximum Gasteiger partial charge on any atom is 0.326 e. The van der Waals surface area contributed by atoms with Crippen molar-refractivity contribution in [3.8, 4) is 0 Å². The molecule has 0 aliphatic heterocycles. The third kappa shape index (κ3) is 4.76. The van der Waals surface area contributed by atoms with E-state index in [0.717, 1.165) is 31.2 Å². The van der Waals surface area contributed by atoms with E-state index in [9.17, 15) is 14.7 Å². The molecule has 3 rings (SSSR count). The number of hydrogen-bond acceptors (Lipinski definition) is 3. The molecule has 1 aliphatic carbocycles. The van der Waals surface area contributed by atoms with Crippen LogP contribution in [0.5, 0.6) is 0 Å². The van der Waals surface area contributed by atoms with Crippen LogP contribution in [-0.2, 0) is 23.1 Å². The van der Waals surface area contributed by atoms with Crippen molar-refractivity contribution in [2.45, 2.75) is 51.0 Å². The van der Waals surface area contributed by atoms with Gasteiger partial charge in [-0.3, -0.25) is 9.48 Å². The van der Waals surface area contributed by atoms with Gasteiger partial charge in [0.1, 0.15) is 6.04 Å². The highest BCUT2D eigenvalue weighted by Gasteiger charge is 2.34. The summed E-state index contributed by atoms with van der Waals surface area (Å²) in [6, 6.07) is 7.39. The van der Waals surface area contributed by atoms with Gasteiger partial charge >= 0.3 is 5.97 Å². The average molecular weight is 369 g/mol. The van der Waals surface area contributed by atoms with Gasteiger partial charge < -0.3 is 10.4 Å². The van der Waals surface area contributed by atoms with E-state index in [1.807, 2.05) is 6.92 Å². The summed E-state index contributed by atoms with van der Waals surface area (Å²) in [7, 11) is 1.78. The summed E-state index contributed by atoms with van der Waals surface area (Å²) >= 11 is 0. The monoisotopic (exact) mass is 369 g/mol. The van der Waals surface area contributed by atoms with Crippen molar-refractivity contribution in [3.05, 3.63) is 53.3 Å². The predicted octanol–water partition coefficient (Wildman–Crippen LogP) is 2.81. The van der Waals surface area contributed by atoms with Gasteiger partial charge in [-0.25, -0.2) is 4.79 Å². The lowest BCUT2D eigenvalue weighted by Crippen LogP contribution is -2.46. The van der Waals surface area contributed by atoms with E-state index in [4.69, 9.17) is 0 Å². The van der Waals surface area contributed by atoms with E-state index in [0.29, 0.717) is 0 Å². The first kappa shape index (κ1) is 19.1. The maximum atomic E-state index is 13.0. The van der Waals surface area contributed by atoms with Crippen molar-refractivity contribution >= 4 is 11.9 Å². The Morgan fingerprint density at radius 2 is 1.96 bits per heavy atom. The van der Waals surface area contributed by atoms with Crippen molar-refractivity contribution in [2.24, 2.45) is 13.0 Å². The van der Waals surface area contributed by atoms with Crippen LogP contribution < -0.4 is 5.32 Å². The number of carboxylic acid groups (broad SMARTS) is 1. The Hall–Kier alpha value is -2.63. The molecule has 1 heterocycles. The molecule has 0 bridgehead atoms. The Balaban J connectivity index is 1.72. The summed E-state index contributed by atoms with van der Waals surface area (Å²) in [6.07, 6.45) is 7.50. The molecule has 0 spiro atoms. The number of nitrogens with zero attached hydrogens (tertiary/aromatic N) is 2. The average Bonchev–Trinajstić information content (AvgIpc) is 3.06. The van der Waals surface area contributed by atoms with E-state index in [1.54, 1.807) is 24.1 Å². The minimum atomic E-state index is -1.02. The number of aliphatic carboxylic acids is 1. The smallest absolute Gasteiger partial charge is 0.326 e. The highest BCUT2D eigenvalue weighted by atomic mass is 16.4. The molecule has 144 valence electrons. The van der Waals surface area contributed by atoms with Crippen molar-refractivity contribution < 1.29 is 14.7 Å². The minimum Gasteiger partial charge on any atom is -0.480 e. The van der Waals surface area contributed by atoms with Crippen LogP contribution in [0.2, 0.25) is 0 Å². The minimum absolute atomic E-state index is 0.146. The van der Waals surface area contributed by atoms with Gasteiger partial charge in [-0.2, -0.15) is 5.10 Å². The molecule has 1 aliphatic rings. The number of hydrogen-bond donors (Lipinski definition) is 2. The molecule has 1 aromatic heterocycles. The highest BCUT2D eigenvalue weighted by molar-refractivity contribution is 5.85. The van der Waals surface area contributed by atoms with Gasteiger partial charge in [-0.15, -0.1) is 0 Å². The van der Waals surface area contributed by atoms with Crippen LogP contribution in [0.1, 0.15) is 48.3 Å². The Labute approximate surface area is 159 Å². The van der Waals surface area contributed by atoms with Gasteiger partial charge in [0.2, 0.25) is 5.91 Å². The molecular weight excluding hydrogens is 342 g/mol. The first-order valence-electron chi connectivity index (χ1n) is 9.51. The second-order valence-corrected chi connectivity index (χ2v) is 7.53. The van der Waals surface area contributed by atoms with E-state index in [2.05, 4.69) is 34.7 Å².